The summed E-state index contributed by atoms with van der Waals surface area (Å²) in [6.45, 7) is 1.37. The summed E-state index contributed by atoms with van der Waals surface area (Å²) in [5.74, 6) is -0.178. The van der Waals surface area contributed by atoms with Crippen molar-refractivity contribution < 1.29 is 14.6 Å². The van der Waals surface area contributed by atoms with Gasteiger partial charge in [0.1, 0.15) is 4.88 Å². The van der Waals surface area contributed by atoms with Crippen molar-refractivity contribution in [2.24, 2.45) is 0 Å². The first-order valence-corrected chi connectivity index (χ1v) is 6.04. The predicted octanol–water partition coefficient (Wildman–Crippen LogP) is 0.414. The molecule has 1 amide bonds. The molecule has 0 aliphatic carbocycles. The number of rotatable bonds is 3. The molecule has 6 heteroatoms. The lowest BCUT2D eigenvalue weighted by molar-refractivity contribution is -0.0605. The summed E-state index contributed by atoms with van der Waals surface area (Å²) in [7, 11) is 0. The van der Waals surface area contributed by atoms with Crippen LogP contribution < -0.4 is 5.32 Å². The summed E-state index contributed by atoms with van der Waals surface area (Å²) in [5, 5.41) is 12.8. The number of nitrogens with zero attached hydrogens (tertiary/aromatic N) is 1. The molecule has 0 aromatic carbocycles. The first kappa shape index (κ1) is 11.5. The van der Waals surface area contributed by atoms with Crippen LogP contribution in [0.5, 0.6) is 0 Å². The summed E-state index contributed by atoms with van der Waals surface area (Å²) in [4.78, 5) is 16.0. The average Bonchev–Trinajstić information content (AvgIpc) is 2.80. The maximum atomic E-state index is 11.6. The van der Waals surface area contributed by atoms with Crippen LogP contribution in [0.25, 0.3) is 0 Å². The van der Waals surface area contributed by atoms with Crippen LogP contribution in [0, 0.1) is 0 Å². The Labute approximate surface area is 97.5 Å². The standard InChI is InChI=1S/C10H14N2O3S/c13-9(8-5-11-7-16-8)12-6-10(14)1-3-15-4-2-10/h5,7,14H,1-4,6H2,(H,12,13). The molecule has 1 aromatic rings. The van der Waals surface area contributed by atoms with E-state index < -0.39 is 5.60 Å². The van der Waals surface area contributed by atoms with Crippen LogP contribution in [0.1, 0.15) is 22.5 Å². The van der Waals surface area contributed by atoms with Crippen LogP contribution in [0.4, 0.5) is 0 Å². The number of hydrogen-bond acceptors (Lipinski definition) is 5. The van der Waals surface area contributed by atoms with Gasteiger partial charge in [0.25, 0.3) is 5.91 Å². The lowest BCUT2D eigenvalue weighted by Gasteiger charge is -2.31. The molecule has 2 N–H and O–H groups in total. The van der Waals surface area contributed by atoms with E-state index >= 15 is 0 Å². The Morgan fingerprint density at radius 2 is 2.38 bits per heavy atom. The summed E-state index contributed by atoms with van der Waals surface area (Å²) >= 11 is 1.29. The van der Waals surface area contributed by atoms with Gasteiger partial charge in [0.2, 0.25) is 0 Å². The molecular weight excluding hydrogens is 228 g/mol. The minimum absolute atomic E-state index is 0.178. The van der Waals surface area contributed by atoms with Gasteiger partial charge >= 0.3 is 0 Å². The SMILES string of the molecule is O=C(NCC1(O)CCOCC1)c1cncs1. The van der Waals surface area contributed by atoms with Crippen molar-refractivity contribution in [1.29, 1.82) is 0 Å². The number of hydrogen-bond donors (Lipinski definition) is 2. The van der Waals surface area contributed by atoms with Crippen molar-refractivity contribution in [3.8, 4) is 0 Å². The van der Waals surface area contributed by atoms with Gasteiger partial charge in [-0.05, 0) is 0 Å². The lowest BCUT2D eigenvalue weighted by Crippen LogP contribution is -2.46. The van der Waals surface area contributed by atoms with Gasteiger partial charge in [0, 0.05) is 32.6 Å². The topological polar surface area (TPSA) is 71.5 Å². The number of nitrogens with one attached hydrogen (secondary N) is 1. The Morgan fingerprint density at radius 1 is 1.62 bits per heavy atom. The molecule has 1 saturated heterocycles. The Balaban J connectivity index is 1.84. The van der Waals surface area contributed by atoms with E-state index in [-0.39, 0.29) is 12.5 Å². The fourth-order valence-electron chi connectivity index (χ4n) is 1.59. The number of aromatic nitrogens is 1. The van der Waals surface area contributed by atoms with E-state index in [4.69, 9.17) is 4.74 Å². The summed E-state index contributed by atoms with van der Waals surface area (Å²) in [6.07, 6.45) is 2.65. The van der Waals surface area contributed by atoms with Crippen LogP contribution in [0.2, 0.25) is 0 Å². The molecule has 1 fully saturated rings. The molecule has 1 aliphatic rings. The van der Waals surface area contributed by atoms with Gasteiger partial charge in [-0.25, -0.2) is 0 Å². The number of ether oxygens (including phenoxy) is 1. The second kappa shape index (κ2) is 4.90. The van der Waals surface area contributed by atoms with E-state index in [1.54, 1.807) is 5.51 Å². The van der Waals surface area contributed by atoms with Gasteiger partial charge in [-0.2, -0.15) is 0 Å². The van der Waals surface area contributed by atoms with E-state index in [1.807, 2.05) is 0 Å². The fraction of sp³-hybridized carbons (Fsp3) is 0.600. The molecule has 1 aromatic heterocycles. The number of amides is 1. The Kier molecular flexibility index (Phi) is 3.52. The van der Waals surface area contributed by atoms with Crippen molar-refractivity contribution in [3.63, 3.8) is 0 Å². The Morgan fingerprint density at radius 3 is 3.00 bits per heavy atom. The van der Waals surface area contributed by atoms with Crippen LogP contribution in [-0.2, 0) is 4.74 Å². The molecule has 88 valence electrons. The summed E-state index contributed by atoms with van der Waals surface area (Å²) < 4.78 is 5.16. The van der Waals surface area contributed by atoms with Crippen LogP contribution in [-0.4, -0.2) is 41.4 Å². The average molecular weight is 242 g/mol. The third-order valence-corrected chi connectivity index (χ3v) is 3.43. The third-order valence-electron chi connectivity index (χ3n) is 2.66. The van der Waals surface area contributed by atoms with Crippen molar-refractivity contribution in [1.82, 2.24) is 10.3 Å². The highest BCUT2D eigenvalue weighted by molar-refractivity contribution is 7.11. The van der Waals surface area contributed by atoms with Crippen LogP contribution in [0.15, 0.2) is 11.7 Å². The minimum atomic E-state index is -0.821. The Hall–Kier alpha value is -0.980. The van der Waals surface area contributed by atoms with E-state index in [0.29, 0.717) is 30.9 Å². The zero-order valence-corrected chi connectivity index (χ0v) is 9.63. The van der Waals surface area contributed by atoms with Crippen molar-refractivity contribution in [3.05, 3.63) is 16.6 Å². The van der Waals surface area contributed by atoms with E-state index in [1.165, 1.54) is 17.5 Å². The normalized spacial score (nSPS) is 19.3. The number of carbonyl (C=O) groups is 1. The molecule has 0 spiro atoms. The number of carbonyl (C=O) groups excluding carboxylic acids is 1. The first-order valence-electron chi connectivity index (χ1n) is 5.16. The zero-order valence-electron chi connectivity index (χ0n) is 8.81. The van der Waals surface area contributed by atoms with Gasteiger partial charge in [-0.15, -0.1) is 11.3 Å². The quantitative estimate of drug-likeness (QED) is 0.805. The zero-order chi connectivity index (χ0) is 11.4. The van der Waals surface area contributed by atoms with Crippen molar-refractivity contribution >= 4 is 17.2 Å². The first-order chi connectivity index (χ1) is 7.70. The fourth-order valence-corrected chi connectivity index (χ4v) is 2.12. The van der Waals surface area contributed by atoms with E-state index in [0.717, 1.165) is 0 Å². The molecule has 0 unspecified atom stereocenters. The molecule has 0 atom stereocenters. The molecule has 0 saturated carbocycles. The largest absolute Gasteiger partial charge is 0.388 e. The second-order valence-corrected chi connectivity index (χ2v) is 4.77. The molecular formula is C10H14N2O3S. The highest BCUT2D eigenvalue weighted by Crippen LogP contribution is 2.19. The molecule has 0 bridgehead atoms. The highest BCUT2D eigenvalue weighted by atomic mass is 32.1. The van der Waals surface area contributed by atoms with Crippen molar-refractivity contribution in [2.45, 2.75) is 18.4 Å². The van der Waals surface area contributed by atoms with Gasteiger partial charge in [0.15, 0.2) is 0 Å². The Bertz CT molecular complexity index is 347. The van der Waals surface area contributed by atoms with Gasteiger partial charge in [-0.3, -0.25) is 9.78 Å². The minimum Gasteiger partial charge on any atom is -0.388 e. The number of aliphatic hydroxyl groups is 1. The second-order valence-electron chi connectivity index (χ2n) is 3.89. The monoisotopic (exact) mass is 242 g/mol. The highest BCUT2D eigenvalue weighted by Gasteiger charge is 2.30. The maximum Gasteiger partial charge on any atom is 0.263 e. The predicted molar refractivity (Wildman–Crippen MR) is 59.5 cm³/mol. The molecule has 16 heavy (non-hydrogen) atoms. The summed E-state index contributed by atoms with van der Waals surface area (Å²) in [5.41, 5.74) is 0.788. The van der Waals surface area contributed by atoms with Crippen LogP contribution in [0.3, 0.4) is 0 Å². The summed E-state index contributed by atoms with van der Waals surface area (Å²) in [6, 6.07) is 0. The molecule has 2 rings (SSSR count). The number of thiazole rings is 1. The van der Waals surface area contributed by atoms with Gasteiger partial charge in [-0.1, -0.05) is 0 Å². The molecule has 2 heterocycles. The third kappa shape index (κ3) is 2.78. The smallest absolute Gasteiger partial charge is 0.263 e. The maximum absolute atomic E-state index is 11.6. The van der Waals surface area contributed by atoms with Gasteiger partial charge in [0.05, 0.1) is 17.3 Å². The van der Waals surface area contributed by atoms with Crippen molar-refractivity contribution in [2.75, 3.05) is 19.8 Å². The molecule has 0 radical (unpaired) electrons. The molecule has 5 nitrogen and oxygen atoms in total. The lowest BCUT2D eigenvalue weighted by atomic mass is 9.94. The molecule has 1 aliphatic heterocycles. The van der Waals surface area contributed by atoms with E-state index in [2.05, 4.69) is 10.3 Å². The van der Waals surface area contributed by atoms with Crippen LogP contribution >= 0.6 is 11.3 Å². The van der Waals surface area contributed by atoms with E-state index in [9.17, 15) is 9.90 Å². The van der Waals surface area contributed by atoms with Gasteiger partial charge < -0.3 is 15.2 Å².